The summed E-state index contributed by atoms with van der Waals surface area (Å²) in [6.07, 6.45) is -5.26. The molecule has 2 aromatic carbocycles. The van der Waals surface area contributed by atoms with Crippen molar-refractivity contribution in [1.82, 2.24) is 10.6 Å². The maximum Gasteiger partial charge on any atom is 0.416 e. The van der Waals surface area contributed by atoms with Crippen LogP contribution in [0.1, 0.15) is 23.6 Å². The number of aliphatic carboxylic acids is 1. The highest BCUT2D eigenvalue weighted by Gasteiger charge is 2.31. The number of carboxylic acid groups (broad SMARTS) is 1. The fourth-order valence-corrected chi connectivity index (χ4v) is 2.92. The Labute approximate surface area is 175 Å². The summed E-state index contributed by atoms with van der Waals surface area (Å²) in [5, 5.41) is 14.0. The Bertz CT molecular complexity index is 962. The molecule has 0 aliphatic carbocycles. The van der Waals surface area contributed by atoms with Crippen LogP contribution >= 0.6 is 0 Å². The fraction of sp³-hybridized carbons (Fsp3) is 0.286. The van der Waals surface area contributed by atoms with Gasteiger partial charge in [0.25, 0.3) is 0 Å². The molecule has 0 fully saturated rings. The molecule has 0 saturated heterocycles. The van der Waals surface area contributed by atoms with E-state index < -0.39 is 53.8 Å². The zero-order valence-electron chi connectivity index (χ0n) is 16.4. The molecule has 2 aromatic rings. The third-order valence-electron chi connectivity index (χ3n) is 4.38. The number of hydrogen-bond donors (Lipinski definition) is 3. The molecule has 3 N–H and O–H groups in total. The summed E-state index contributed by atoms with van der Waals surface area (Å²) in [6, 6.07) is 6.81. The summed E-state index contributed by atoms with van der Waals surface area (Å²) in [5.41, 5.74) is -0.773. The zero-order chi connectivity index (χ0) is 23.2. The molecule has 2 atom stereocenters. The zero-order valence-corrected chi connectivity index (χ0v) is 16.4. The molecule has 2 amide bonds. The van der Waals surface area contributed by atoms with Crippen LogP contribution in [-0.4, -0.2) is 35.0 Å². The second-order valence-electron chi connectivity index (χ2n) is 6.85. The normalized spacial score (nSPS) is 13.2. The third kappa shape index (κ3) is 7.09. The standard InChI is InChI=1S/C21H20F4N2O4/c1-12(28)26-17(11-14-6-2-3-8-16(14)22)19(29)27-18(20(30)31)10-13-5-4-7-15(9-13)21(23,24)25/h2-9,17-18H,10-11H2,1H3,(H,26,28)(H,27,29)(H,30,31)/t17-,18-/m0/s1. The number of halogens is 4. The van der Waals surface area contributed by atoms with Crippen LogP contribution in [0.3, 0.4) is 0 Å². The largest absolute Gasteiger partial charge is 0.480 e. The van der Waals surface area contributed by atoms with Crippen molar-refractivity contribution in [2.45, 2.75) is 38.0 Å². The van der Waals surface area contributed by atoms with Gasteiger partial charge in [-0.1, -0.05) is 36.4 Å². The highest BCUT2D eigenvalue weighted by molar-refractivity contribution is 5.90. The molecule has 0 aliphatic rings. The lowest BCUT2D eigenvalue weighted by atomic mass is 10.0. The van der Waals surface area contributed by atoms with Crippen LogP contribution in [0.2, 0.25) is 0 Å². The number of amides is 2. The Balaban J connectivity index is 2.19. The molecule has 0 bridgehead atoms. The lowest BCUT2D eigenvalue weighted by Gasteiger charge is -2.21. The molecular formula is C21H20F4N2O4. The van der Waals surface area contributed by atoms with Crippen LogP contribution in [0.4, 0.5) is 17.6 Å². The summed E-state index contributed by atoms with van der Waals surface area (Å²) in [5.74, 6) is -3.58. The van der Waals surface area contributed by atoms with E-state index in [4.69, 9.17) is 0 Å². The minimum atomic E-state index is -4.60. The van der Waals surface area contributed by atoms with Gasteiger partial charge in [0.2, 0.25) is 11.8 Å². The first-order valence-corrected chi connectivity index (χ1v) is 9.17. The first-order chi connectivity index (χ1) is 14.5. The molecule has 2 rings (SSSR count). The fourth-order valence-electron chi connectivity index (χ4n) is 2.92. The number of carboxylic acids is 1. The van der Waals surface area contributed by atoms with Crippen molar-refractivity contribution in [3.05, 3.63) is 71.0 Å². The van der Waals surface area contributed by atoms with Gasteiger partial charge in [-0.3, -0.25) is 9.59 Å². The Morgan fingerprint density at radius 2 is 1.65 bits per heavy atom. The van der Waals surface area contributed by atoms with Gasteiger partial charge in [0.05, 0.1) is 5.56 Å². The van der Waals surface area contributed by atoms with Crippen LogP contribution in [0, 0.1) is 5.82 Å². The minimum absolute atomic E-state index is 0.0488. The van der Waals surface area contributed by atoms with E-state index >= 15 is 0 Å². The van der Waals surface area contributed by atoms with E-state index in [1.807, 2.05) is 0 Å². The molecule has 10 heteroatoms. The maximum absolute atomic E-state index is 13.9. The molecule has 0 unspecified atom stereocenters. The van der Waals surface area contributed by atoms with E-state index in [0.29, 0.717) is 0 Å². The summed E-state index contributed by atoms with van der Waals surface area (Å²) in [6.45, 7) is 1.14. The van der Waals surface area contributed by atoms with Gasteiger partial charge in [-0.15, -0.1) is 0 Å². The highest BCUT2D eigenvalue weighted by Crippen LogP contribution is 2.29. The Kier molecular flexibility index (Phi) is 7.73. The van der Waals surface area contributed by atoms with E-state index in [1.54, 1.807) is 0 Å². The van der Waals surface area contributed by atoms with Crippen molar-refractivity contribution in [3.8, 4) is 0 Å². The first-order valence-electron chi connectivity index (χ1n) is 9.17. The van der Waals surface area contributed by atoms with Crippen LogP contribution in [0.5, 0.6) is 0 Å². The van der Waals surface area contributed by atoms with E-state index in [9.17, 15) is 37.1 Å². The second-order valence-corrected chi connectivity index (χ2v) is 6.85. The summed E-state index contributed by atoms with van der Waals surface area (Å²) in [7, 11) is 0. The van der Waals surface area contributed by atoms with Crippen molar-refractivity contribution in [3.63, 3.8) is 0 Å². The Hall–Kier alpha value is -3.43. The average Bonchev–Trinajstić information content (AvgIpc) is 2.67. The van der Waals surface area contributed by atoms with Gasteiger partial charge in [-0.2, -0.15) is 13.2 Å². The maximum atomic E-state index is 13.9. The van der Waals surface area contributed by atoms with Gasteiger partial charge >= 0.3 is 12.1 Å². The summed E-state index contributed by atoms with van der Waals surface area (Å²) < 4.78 is 52.6. The van der Waals surface area contributed by atoms with Gasteiger partial charge in [0.1, 0.15) is 17.9 Å². The van der Waals surface area contributed by atoms with E-state index in [2.05, 4.69) is 10.6 Å². The number of carbonyl (C=O) groups excluding carboxylic acids is 2. The third-order valence-corrected chi connectivity index (χ3v) is 4.38. The van der Waals surface area contributed by atoms with Crippen molar-refractivity contribution >= 4 is 17.8 Å². The second kappa shape index (κ2) is 10.1. The van der Waals surface area contributed by atoms with Crippen LogP contribution < -0.4 is 10.6 Å². The number of nitrogens with one attached hydrogen (secondary N) is 2. The lowest BCUT2D eigenvalue weighted by Crippen LogP contribution is -2.52. The van der Waals surface area contributed by atoms with Gasteiger partial charge in [0.15, 0.2) is 0 Å². The van der Waals surface area contributed by atoms with E-state index in [1.165, 1.54) is 30.3 Å². The Morgan fingerprint density at radius 3 is 2.23 bits per heavy atom. The number of carbonyl (C=O) groups is 3. The predicted octanol–water partition coefficient (Wildman–Crippen LogP) is 2.70. The van der Waals surface area contributed by atoms with Crippen LogP contribution in [0.25, 0.3) is 0 Å². The average molecular weight is 440 g/mol. The van der Waals surface area contributed by atoms with Crippen molar-refractivity contribution < 1.29 is 37.1 Å². The number of hydrogen-bond acceptors (Lipinski definition) is 3. The molecule has 0 heterocycles. The molecule has 0 aliphatic heterocycles. The van der Waals surface area contributed by atoms with Crippen molar-refractivity contribution in [1.29, 1.82) is 0 Å². The van der Waals surface area contributed by atoms with Crippen LogP contribution in [0.15, 0.2) is 48.5 Å². The van der Waals surface area contributed by atoms with E-state index in [0.717, 1.165) is 25.1 Å². The highest BCUT2D eigenvalue weighted by atomic mass is 19.4. The molecule has 0 saturated carbocycles. The topological polar surface area (TPSA) is 95.5 Å². The number of rotatable bonds is 8. The molecule has 0 radical (unpaired) electrons. The monoisotopic (exact) mass is 440 g/mol. The smallest absolute Gasteiger partial charge is 0.416 e. The molecule has 166 valence electrons. The number of alkyl halides is 3. The molecule has 0 spiro atoms. The van der Waals surface area contributed by atoms with Crippen molar-refractivity contribution in [2.75, 3.05) is 0 Å². The summed E-state index contributed by atoms with van der Waals surface area (Å²) in [4.78, 5) is 35.7. The van der Waals surface area contributed by atoms with Crippen molar-refractivity contribution in [2.24, 2.45) is 0 Å². The number of benzene rings is 2. The lowest BCUT2D eigenvalue weighted by molar-refractivity contribution is -0.142. The van der Waals surface area contributed by atoms with Gasteiger partial charge in [-0.05, 0) is 23.3 Å². The molecule has 31 heavy (non-hydrogen) atoms. The first kappa shape index (κ1) is 23.8. The quantitative estimate of drug-likeness (QED) is 0.550. The SMILES string of the molecule is CC(=O)N[C@@H](Cc1ccccc1F)C(=O)N[C@@H](Cc1cccc(C(F)(F)F)c1)C(=O)O. The van der Waals surface area contributed by atoms with Gasteiger partial charge < -0.3 is 15.7 Å². The minimum Gasteiger partial charge on any atom is -0.480 e. The van der Waals surface area contributed by atoms with Gasteiger partial charge in [-0.25, -0.2) is 9.18 Å². The molecule has 6 nitrogen and oxygen atoms in total. The summed E-state index contributed by atoms with van der Waals surface area (Å²) >= 11 is 0. The molecular weight excluding hydrogens is 420 g/mol. The Morgan fingerprint density at radius 1 is 0.968 bits per heavy atom. The van der Waals surface area contributed by atoms with E-state index in [-0.39, 0.29) is 17.5 Å². The van der Waals surface area contributed by atoms with Crippen LogP contribution in [-0.2, 0) is 33.4 Å². The van der Waals surface area contributed by atoms with Gasteiger partial charge in [0, 0.05) is 19.8 Å². The molecule has 0 aromatic heterocycles. The predicted molar refractivity (Wildman–Crippen MR) is 102 cm³/mol.